The van der Waals surface area contributed by atoms with Crippen LogP contribution in [0.15, 0.2) is 59.1 Å². The molecule has 1 atom stereocenters. The highest BCUT2D eigenvalue weighted by molar-refractivity contribution is 5.76. The molecule has 32 heavy (non-hydrogen) atoms. The summed E-state index contributed by atoms with van der Waals surface area (Å²) < 4.78 is 10.8. The second-order valence-corrected chi connectivity index (χ2v) is 8.19. The van der Waals surface area contributed by atoms with Gasteiger partial charge in [0.15, 0.2) is 5.82 Å². The summed E-state index contributed by atoms with van der Waals surface area (Å²) in [6, 6.07) is 18.1. The lowest BCUT2D eigenvalue weighted by molar-refractivity contribution is -0.131. The average Bonchev–Trinajstić information content (AvgIpc) is 3.14. The van der Waals surface area contributed by atoms with Crippen LogP contribution in [0.2, 0.25) is 0 Å². The van der Waals surface area contributed by atoms with Crippen molar-refractivity contribution in [1.29, 1.82) is 0 Å². The fraction of sp³-hybridized carbons (Fsp3) is 0.400. The third-order valence-electron chi connectivity index (χ3n) is 5.90. The first kappa shape index (κ1) is 22.0. The van der Waals surface area contributed by atoms with Crippen LogP contribution in [-0.4, -0.2) is 52.6 Å². The van der Waals surface area contributed by atoms with Crippen LogP contribution in [0.25, 0.3) is 0 Å². The minimum Gasteiger partial charge on any atom is -0.497 e. The molecule has 0 spiro atoms. The van der Waals surface area contributed by atoms with Crippen molar-refractivity contribution in [2.45, 2.75) is 38.8 Å². The first-order valence-corrected chi connectivity index (χ1v) is 11.1. The third kappa shape index (κ3) is 5.53. The molecule has 7 nitrogen and oxygen atoms in total. The van der Waals surface area contributed by atoms with Crippen molar-refractivity contribution in [1.82, 2.24) is 19.9 Å². The smallest absolute Gasteiger partial charge is 0.245 e. The molecule has 1 saturated heterocycles. The maximum atomic E-state index is 13.1. The Kier molecular flexibility index (Phi) is 7.17. The molecule has 0 saturated carbocycles. The first-order valence-electron chi connectivity index (χ1n) is 11.1. The predicted octanol–water partition coefficient (Wildman–Crippen LogP) is 3.80. The van der Waals surface area contributed by atoms with Crippen LogP contribution in [0.5, 0.6) is 5.75 Å². The first-order chi connectivity index (χ1) is 15.6. The zero-order valence-corrected chi connectivity index (χ0v) is 18.7. The Balaban J connectivity index is 1.45. The molecule has 1 fully saturated rings. The molecule has 2 aromatic carbocycles. The van der Waals surface area contributed by atoms with Gasteiger partial charge in [0.1, 0.15) is 11.8 Å². The summed E-state index contributed by atoms with van der Waals surface area (Å²) in [4.78, 5) is 21.9. The van der Waals surface area contributed by atoms with Gasteiger partial charge in [-0.15, -0.1) is 0 Å². The van der Waals surface area contributed by atoms with Crippen LogP contribution in [0.1, 0.15) is 41.7 Å². The predicted molar refractivity (Wildman–Crippen MR) is 121 cm³/mol. The quantitative estimate of drug-likeness (QED) is 0.563. The maximum absolute atomic E-state index is 13.1. The number of carbonyl (C=O) groups is 1. The Labute approximate surface area is 189 Å². The van der Waals surface area contributed by atoms with Crippen LogP contribution < -0.4 is 4.74 Å². The number of ether oxygens (including phenoxy) is 1. The van der Waals surface area contributed by atoms with Crippen molar-refractivity contribution in [3.8, 4) is 5.75 Å². The van der Waals surface area contributed by atoms with E-state index < -0.39 is 0 Å². The molecule has 4 rings (SSSR count). The average molecular weight is 435 g/mol. The summed E-state index contributed by atoms with van der Waals surface area (Å²) in [6.07, 6.45) is 2.09. The second-order valence-electron chi connectivity index (χ2n) is 8.19. The third-order valence-corrected chi connectivity index (χ3v) is 5.90. The molecule has 1 aromatic heterocycles. The summed E-state index contributed by atoms with van der Waals surface area (Å²) in [7, 11) is 1.65. The summed E-state index contributed by atoms with van der Waals surface area (Å²) in [6.45, 7) is 4.75. The number of aryl methyl sites for hydroxylation is 2. The lowest BCUT2D eigenvalue weighted by Crippen LogP contribution is -2.37. The Bertz CT molecular complexity index is 1000. The molecular formula is C25H30N4O3. The van der Waals surface area contributed by atoms with E-state index >= 15 is 0 Å². The van der Waals surface area contributed by atoms with Crippen molar-refractivity contribution >= 4 is 5.91 Å². The largest absolute Gasteiger partial charge is 0.497 e. The number of aromatic nitrogens is 2. The van der Waals surface area contributed by atoms with E-state index in [-0.39, 0.29) is 11.9 Å². The molecule has 0 N–H and O–H groups in total. The van der Waals surface area contributed by atoms with E-state index in [1.165, 1.54) is 5.56 Å². The summed E-state index contributed by atoms with van der Waals surface area (Å²) in [5, 5.41) is 4.00. The van der Waals surface area contributed by atoms with Crippen LogP contribution in [0.4, 0.5) is 0 Å². The second kappa shape index (κ2) is 10.4. The van der Waals surface area contributed by atoms with Crippen molar-refractivity contribution in [3.63, 3.8) is 0 Å². The topological polar surface area (TPSA) is 71.7 Å². The Morgan fingerprint density at radius 2 is 1.88 bits per heavy atom. The van der Waals surface area contributed by atoms with Gasteiger partial charge in [0.25, 0.3) is 0 Å². The van der Waals surface area contributed by atoms with E-state index in [1.54, 1.807) is 7.11 Å². The Hall–Kier alpha value is -3.19. The van der Waals surface area contributed by atoms with Crippen LogP contribution in [-0.2, 0) is 17.8 Å². The molecule has 1 aliphatic rings. The maximum Gasteiger partial charge on any atom is 0.245 e. The van der Waals surface area contributed by atoms with Crippen molar-refractivity contribution in [2.24, 2.45) is 0 Å². The van der Waals surface area contributed by atoms with Crippen LogP contribution >= 0.6 is 0 Å². The number of hydrogen-bond donors (Lipinski definition) is 0. The number of nitrogens with zero attached hydrogens (tertiary/aromatic N) is 4. The molecular weight excluding hydrogens is 404 g/mol. The fourth-order valence-electron chi connectivity index (χ4n) is 4.15. The number of benzene rings is 2. The molecule has 0 aliphatic carbocycles. The molecule has 1 unspecified atom stereocenters. The van der Waals surface area contributed by atoms with Crippen LogP contribution in [0.3, 0.4) is 0 Å². The van der Waals surface area contributed by atoms with E-state index in [1.807, 2.05) is 54.3 Å². The molecule has 0 bridgehead atoms. The minimum atomic E-state index is -0.121. The number of hydrogen-bond acceptors (Lipinski definition) is 6. The Morgan fingerprint density at radius 3 is 2.56 bits per heavy atom. The van der Waals surface area contributed by atoms with Crippen molar-refractivity contribution < 1.29 is 14.1 Å². The molecule has 0 radical (unpaired) electrons. The van der Waals surface area contributed by atoms with E-state index in [0.29, 0.717) is 31.1 Å². The standard InChI is InChI=1S/C25H30N4O3/c1-19-26-25(32-27-19)23-18-29(16-6-15-28(23)17-21-7-4-3-5-8-21)24(30)14-11-20-9-12-22(31-2)13-10-20/h3-5,7-10,12-13,23H,6,11,14-18H2,1-2H3. The molecule has 1 aliphatic heterocycles. The number of rotatable bonds is 7. The summed E-state index contributed by atoms with van der Waals surface area (Å²) in [5.41, 5.74) is 2.36. The molecule has 1 amide bonds. The fourth-order valence-corrected chi connectivity index (χ4v) is 4.15. The molecule has 7 heteroatoms. The minimum absolute atomic E-state index is 0.121. The summed E-state index contributed by atoms with van der Waals surface area (Å²) in [5.74, 6) is 2.17. The van der Waals surface area contributed by atoms with E-state index in [9.17, 15) is 4.79 Å². The lowest BCUT2D eigenvalue weighted by Gasteiger charge is -2.29. The van der Waals surface area contributed by atoms with Gasteiger partial charge in [0.2, 0.25) is 11.8 Å². The lowest BCUT2D eigenvalue weighted by atomic mass is 10.1. The van der Waals surface area contributed by atoms with E-state index in [0.717, 1.165) is 37.4 Å². The van der Waals surface area contributed by atoms with Crippen molar-refractivity contribution in [3.05, 3.63) is 77.4 Å². The zero-order valence-electron chi connectivity index (χ0n) is 18.7. The van der Waals surface area contributed by atoms with Gasteiger partial charge >= 0.3 is 0 Å². The van der Waals surface area contributed by atoms with Gasteiger partial charge in [0, 0.05) is 32.6 Å². The highest BCUT2D eigenvalue weighted by atomic mass is 16.5. The zero-order chi connectivity index (χ0) is 22.3. The van der Waals surface area contributed by atoms with E-state index in [4.69, 9.17) is 9.26 Å². The van der Waals surface area contributed by atoms with Gasteiger partial charge in [-0.2, -0.15) is 4.98 Å². The van der Waals surface area contributed by atoms with Gasteiger partial charge in [0.05, 0.1) is 7.11 Å². The SMILES string of the molecule is COc1ccc(CCC(=O)N2CCCN(Cc3ccccc3)C(c3nc(C)no3)C2)cc1. The number of amides is 1. The molecule has 168 valence electrons. The highest BCUT2D eigenvalue weighted by Crippen LogP contribution is 2.26. The monoisotopic (exact) mass is 434 g/mol. The van der Waals surface area contributed by atoms with Gasteiger partial charge in [-0.3, -0.25) is 9.69 Å². The highest BCUT2D eigenvalue weighted by Gasteiger charge is 2.32. The van der Waals surface area contributed by atoms with E-state index in [2.05, 4.69) is 27.2 Å². The van der Waals surface area contributed by atoms with Crippen molar-refractivity contribution in [2.75, 3.05) is 26.7 Å². The summed E-state index contributed by atoms with van der Waals surface area (Å²) >= 11 is 0. The Morgan fingerprint density at radius 1 is 1.09 bits per heavy atom. The number of methoxy groups -OCH3 is 1. The van der Waals surface area contributed by atoms with Gasteiger partial charge in [-0.25, -0.2) is 0 Å². The van der Waals surface area contributed by atoms with Gasteiger partial charge in [-0.05, 0) is 43.0 Å². The molecule has 2 heterocycles. The van der Waals surface area contributed by atoms with Gasteiger partial charge in [-0.1, -0.05) is 47.6 Å². The van der Waals surface area contributed by atoms with Gasteiger partial charge < -0.3 is 14.2 Å². The number of carbonyl (C=O) groups excluding carboxylic acids is 1. The molecule has 3 aromatic rings. The van der Waals surface area contributed by atoms with Crippen LogP contribution in [0, 0.1) is 6.92 Å². The normalized spacial score (nSPS) is 17.2.